The maximum Gasteiger partial charge on any atom is 0.419 e. The number of ether oxygens (including phenoxy) is 1. The van der Waals surface area contributed by atoms with Crippen LogP contribution in [0.5, 0.6) is 5.75 Å². The third-order valence-corrected chi connectivity index (χ3v) is 9.21. The van der Waals surface area contributed by atoms with Crippen LogP contribution in [0.2, 0.25) is 0 Å². The lowest BCUT2D eigenvalue weighted by Gasteiger charge is -2.38. The van der Waals surface area contributed by atoms with Crippen LogP contribution in [0.25, 0.3) is 11.3 Å². The number of thiazole rings is 1. The van der Waals surface area contributed by atoms with E-state index in [4.69, 9.17) is 4.74 Å². The summed E-state index contributed by atoms with van der Waals surface area (Å²) in [5.74, 6) is -0.217. The zero-order valence-electron chi connectivity index (χ0n) is 24.7. The Hall–Kier alpha value is -3.37. The van der Waals surface area contributed by atoms with Crippen molar-refractivity contribution >= 4 is 28.2 Å². The summed E-state index contributed by atoms with van der Waals surface area (Å²) in [5.41, 5.74) is -0.168. The van der Waals surface area contributed by atoms with Gasteiger partial charge in [-0.2, -0.15) is 13.2 Å². The Bertz CT molecular complexity index is 1450. The number of carbonyl (C=O) groups is 1. The second-order valence-electron chi connectivity index (χ2n) is 11.1. The number of aliphatic hydroxyl groups excluding tert-OH is 1. The third-order valence-electron chi connectivity index (χ3n) is 8.25. The normalized spacial score (nSPS) is 19.0. The number of anilines is 2. The van der Waals surface area contributed by atoms with Crippen molar-refractivity contribution in [2.24, 2.45) is 0 Å². The minimum Gasteiger partial charge on any atom is -0.496 e. The number of benzene rings is 1. The zero-order valence-corrected chi connectivity index (χ0v) is 25.5. The lowest BCUT2D eigenvalue weighted by Crippen LogP contribution is -2.52. The van der Waals surface area contributed by atoms with Gasteiger partial charge < -0.3 is 19.8 Å². The highest BCUT2D eigenvalue weighted by Crippen LogP contribution is 2.41. The number of rotatable bonds is 9. The number of methoxy groups -OCH3 is 1. The van der Waals surface area contributed by atoms with E-state index in [1.807, 2.05) is 9.80 Å². The van der Waals surface area contributed by atoms with Gasteiger partial charge in [-0.25, -0.2) is 15.0 Å². The molecule has 1 unspecified atom stereocenters. The topological polar surface area (TPSA) is 127 Å². The van der Waals surface area contributed by atoms with Crippen LogP contribution in [-0.4, -0.2) is 99.1 Å². The fourth-order valence-electron chi connectivity index (χ4n) is 5.54. The molecule has 1 aromatic carbocycles. The quantitative estimate of drug-likeness (QED) is 0.300. The van der Waals surface area contributed by atoms with Crippen molar-refractivity contribution in [3.05, 3.63) is 46.7 Å². The minimum atomic E-state index is -4.61. The minimum absolute atomic E-state index is 0.0691. The van der Waals surface area contributed by atoms with E-state index in [0.29, 0.717) is 50.3 Å². The summed E-state index contributed by atoms with van der Waals surface area (Å²) in [7, 11) is 1.20. The highest BCUT2D eigenvalue weighted by molar-refractivity contribution is 7.16. The van der Waals surface area contributed by atoms with Crippen LogP contribution in [0.15, 0.2) is 30.6 Å². The van der Waals surface area contributed by atoms with Crippen molar-refractivity contribution < 1.29 is 32.9 Å². The van der Waals surface area contributed by atoms with Gasteiger partial charge in [0.25, 0.3) is 5.91 Å². The van der Waals surface area contributed by atoms with Crippen LogP contribution in [-0.2, 0) is 12.7 Å². The molecule has 1 amide bonds. The first kappa shape index (κ1) is 32.0. The number of alkyl halides is 3. The van der Waals surface area contributed by atoms with E-state index in [0.717, 1.165) is 30.3 Å². The largest absolute Gasteiger partial charge is 0.496 e. The zero-order chi connectivity index (χ0) is 31.6. The molecule has 44 heavy (non-hydrogen) atoms. The van der Waals surface area contributed by atoms with Crippen LogP contribution in [0, 0.1) is 0 Å². The van der Waals surface area contributed by atoms with Crippen molar-refractivity contribution in [3.63, 3.8) is 0 Å². The number of aliphatic hydroxyl groups is 2. The van der Waals surface area contributed by atoms with Gasteiger partial charge in [0.1, 0.15) is 17.3 Å². The molecule has 0 radical (unpaired) electrons. The molecule has 238 valence electrons. The molecule has 0 spiro atoms. The fourth-order valence-corrected chi connectivity index (χ4v) is 6.54. The monoisotopic (exact) mass is 635 g/mol. The second-order valence-corrected chi connectivity index (χ2v) is 12.1. The predicted molar refractivity (Wildman–Crippen MR) is 160 cm³/mol. The van der Waals surface area contributed by atoms with Crippen molar-refractivity contribution in [3.8, 4) is 17.0 Å². The van der Waals surface area contributed by atoms with Crippen molar-refractivity contribution in [1.29, 1.82) is 0 Å². The highest BCUT2D eigenvalue weighted by Gasteiger charge is 2.35. The standard InChI is InChI=1S/C29H36F3N7O4S/c1-17-5-4-8-39(17)16-23-25(19-6-7-22(43-3)20(13-19)29(30,31)32)35-28(44-23)36-26(40)21-14-34-24(15-33-21)38-11-9-37(10-12-38)18(2)27(41)42/h6-7,13-15,17-18,27,41-42H,4-5,8-12,16H2,1-3H3,(H,35,36,40)/t17-,18?/m1/s1. The molecule has 15 heteroatoms. The van der Waals surface area contributed by atoms with E-state index in [1.165, 1.54) is 36.9 Å². The number of nitrogens with zero attached hydrogens (tertiary/aromatic N) is 6. The number of carbonyl (C=O) groups excluding carboxylic acids is 1. The summed E-state index contributed by atoms with van der Waals surface area (Å²) in [6.45, 7) is 7.70. The molecule has 3 N–H and O–H groups in total. The Balaban J connectivity index is 1.33. The summed E-state index contributed by atoms with van der Waals surface area (Å²) >= 11 is 1.23. The Morgan fingerprint density at radius 2 is 1.91 bits per heavy atom. The summed E-state index contributed by atoms with van der Waals surface area (Å²) in [5, 5.41) is 21.9. The first-order valence-corrected chi connectivity index (χ1v) is 15.2. The van der Waals surface area contributed by atoms with Crippen LogP contribution in [0.3, 0.4) is 0 Å². The van der Waals surface area contributed by atoms with Gasteiger partial charge in [-0.3, -0.25) is 19.9 Å². The summed E-state index contributed by atoms with van der Waals surface area (Å²) in [6, 6.07) is 3.81. The Morgan fingerprint density at radius 3 is 2.50 bits per heavy atom. The van der Waals surface area contributed by atoms with E-state index in [9.17, 15) is 28.2 Å². The van der Waals surface area contributed by atoms with Crippen molar-refractivity contribution in [1.82, 2.24) is 24.8 Å². The van der Waals surface area contributed by atoms with Gasteiger partial charge in [0.2, 0.25) is 0 Å². The lowest BCUT2D eigenvalue weighted by atomic mass is 10.1. The maximum absolute atomic E-state index is 13.8. The van der Waals surface area contributed by atoms with Gasteiger partial charge in [-0.1, -0.05) is 11.3 Å². The number of hydrogen-bond donors (Lipinski definition) is 3. The molecule has 2 saturated heterocycles. The Morgan fingerprint density at radius 1 is 1.16 bits per heavy atom. The molecule has 2 aromatic heterocycles. The van der Waals surface area contributed by atoms with E-state index in [-0.39, 0.29) is 28.2 Å². The van der Waals surface area contributed by atoms with Gasteiger partial charge in [0.15, 0.2) is 11.4 Å². The molecule has 2 fully saturated rings. The highest BCUT2D eigenvalue weighted by atomic mass is 32.1. The number of piperazine rings is 1. The molecule has 5 rings (SSSR count). The molecule has 0 saturated carbocycles. The number of amides is 1. The molecule has 2 aliphatic heterocycles. The SMILES string of the molecule is COc1ccc(-c2nc(NC(=O)c3cnc(N4CCN(C(C)C(O)O)CC4)cn3)sc2CN2CCC[C@H]2C)cc1C(F)(F)F. The van der Waals surface area contributed by atoms with E-state index >= 15 is 0 Å². The Kier molecular flexibility index (Phi) is 9.70. The molecule has 0 aliphatic carbocycles. The first-order valence-electron chi connectivity index (χ1n) is 14.4. The van der Waals surface area contributed by atoms with Gasteiger partial charge in [0.05, 0.1) is 36.8 Å². The molecular formula is C29H36F3N7O4S. The maximum atomic E-state index is 13.8. The predicted octanol–water partition coefficient (Wildman–Crippen LogP) is 3.69. The van der Waals surface area contributed by atoms with Gasteiger partial charge in [-0.05, 0) is 51.4 Å². The third kappa shape index (κ3) is 7.12. The second kappa shape index (κ2) is 13.3. The first-order chi connectivity index (χ1) is 20.9. The number of nitrogens with one attached hydrogen (secondary N) is 1. The van der Waals surface area contributed by atoms with Crippen LogP contribution < -0.4 is 15.0 Å². The van der Waals surface area contributed by atoms with Crippen molar-refractivity contribution in [2.75, 3.05) is 50.1 Å². The molecule has 4 heterocycles. The number of likely N-dealkylation sites (tertiary alicyclic amines) is 1. The average Bonchev–Trinajstić information content (AvgIpc) is 3.61. The lowest BCUT2D eigenvalue weighted by molar-refractivity contribution is -0.138. The fraction of sp³-hybridized carbons (Fsp3) is 0.517. The Labute approximate surface area is 257 Å². The summed E-state index contributed by atoms with van der Waals surface area (Å²) in [4.78, 5) is 33.4. The molecule has 2 atom stereocenters. The number of aromatic nitrogens is 3. The molecule has 0 bridgehead atoms. The number of halogens is 3. The van der Waals surface area contributed by atoms with Crippen LogP contribution in [0.1, 0.15) is 47.6 Å². The molecule has 11 nitrogen and oxygen atoms in total. The number of hydrogen-bond acceptors (Lipinski definition) is 11. The van der Waals surface area contributed by atoms with Gasteiger partial charge in [-0.15, -0.1) is 0 Å². The van der Waals surface area contributed by atoms with Gasteiger partial charge >= 0.3 is 6.18 Å². The molecule has 2 aliphatic rings. The van der Waals surface area contributed by atoms with Crippen LogP contribution >= 0.6 is 11.3 Å². The average molecular weight is 636 g/mol. The van der Waals surface area contributed by atoms with Crippen molar-refractivity contribution in [2.45, 2.75) is 57.8 Å². The van der Waals surface area contributed by atoms with Gasteiger partial charge in [0, 0.05) is 49.2 Å². The van der Waals surface area contributed by atoms with E-state index in [1.54, 1.807) is 13.0 Å². The van der Waals surface area contributed by atoms with Crippen LogP contribution in [0.4, 0.5) is 24.1 Å². The summed E-state index contributed by atoms with van der Waals surface area (Å²) < 4.78 is 46.4. The smallest absolute Gasteiger partial charge is 0.419 e. The molecular weight excluding hydrogens is 599 g/mol. The summed E-state index contributed by atoms with van der Waals surface area (Å²) in [6.07, 6.45) is -1.07. The van der Waals surface area contributed by atoms with E-state index in [2.05, 4.69) is 32.1 Å². The van der Waals surface area contributed by atoms with E-state index < -0.39 is 23.9 Å². The molecule has 3 aromatic rings.